The van der Waals surface area contributed by atoms with Crippen molar-refractivity contribution in [3.63, 3.8) is 0 Å². The number of morpholine rings is 1. The van der Waals surface area contributed by atoms with E-state index < -0.39 is 0 Å². The van der Waals surface area contributed by atoms with E-state index in [0.717, 1.165) is 24.8 Å². The lowest BCUT2D eigenvalue weighted by molar-refractivity contribution is 0.0303. The number of amides is 1. The van der Waals surface area contributed by atoms with Crippen molar-refractivity contribution in [1.29, 1.82) is 0 Å². The summed E-state index contributed by atoms with van der Waals surface area (Å²) >= 11 is 1.61. The zero-order valence-electron chi connectivity index (χ0n) is 11.3. The predicted molar refractivity (Wildman–Crippen MR) is 76.6 cm³/mol. The number of nitrogens with two attached hydrogens (primary N) is 1. The second-order valence-corrected chi connectivity index (χ2v) is 6.63. The van der Waals surface area contributed by atoms with Crippen molar-refractivity contribution in [3.05, 3.63) is 16.0 Å². The van der Waals surface area contributed by atoms with Crippen molar-refractivity contribution in [1.82, 2.24) is 4.90 Å². The Labute approximate surface area is 117 Å². The number of carbonyl (C=O) groups excluding carboxylic acids is 1. The van der Waals surface area contributed by atoms with Gasteiger partial charge >= 0.3 is 0 Å². The maximum Gasteiger partial charge on any atom is 0.257 e. The first-order valence-electron chi connectivity index (χ1n) is 6.94. The van der Waals surface area contributed by atoms with Gasteiger partial charge in [-0.2, -0.15) is 0 Å². The topological polar surface area (TPSA) is 55.6 Å². The van der Waals surface area contributed by atoms with Crippen LogP contribution in [0.3, 0.4) is 0 Å². The molecular weight excluding hydrogens is 260 g/mol. The molecule has 2 heterocycles. The van der Waals surface area contributed by atoms with Gasteiger partial charge in [-0.3, -0.25) is 4.79 Å². The first-order valence-corrected chi connectivity index (χ1v) is 7.75. The molecule has 0 bridgehead atoms. The van der Waals surface area contributed by atoms with E-state index in [2.05, 4.69) is 6.92 Å². The molecular formula is C14H20N2O2S. The number of anilines is 1. The number of nitrogen functional groups attached to an aromatic ring is 1. The lowest BCUT2D eigenvalue weighted by atomic mass is 9.88. The van der Waals surface area contributed by atoms with E-state index in [0.29, 0.717) is 37.2 Å². The van der Waals surface area contributed by atoms with Crippen LogP contribution in [0.15, 0.2) is 0 Å². The molecule has 0 saturated carbocycles. The molecule has 1 aliphatic heterocycles. The van der Waals surface area contributed by atoms with Crippen molar-refractivity contribution in [2.45, 2.75) is 26.2 Å². The quantitative estimate of drug-likeness (QED) is 0.855. The normalized spacial score (nSPS) is 23.2. The molecule has 0 aromatic carbocycles. The number of ether oxygens (including phenoxy) is 1. The van der Waals surface area contributed by atoms with Crippen LogP contribution in [0.5, 0.6) is 0 Å². The molecule has 5 heteroatoms. The molecule has 3 rings (SSSR count). The maximum absolute atomic E-state index is 12.6. The average Bonchev–Trinajstić information content (AvgIpc) is 2.74. The lowest BCUT2D eigenvalue weighted by Crippen LogP contribution is -2.41. The summed E-state index contributed by atoms with van der Waals surface area (Å²) in [6.45, 7) is 4.89. The molecule has 1 saturated heterocycles. The van der Waals surface area contributed by atoms with Crippen LogP contribution >= 0.6 is 11.3 Å². The van der Waals surface area contributed by atoms with Crippen LogP contribution in [-0.2, 0) is 17.6 Å². The molecule has 1 aromatic heterocycles. The third kappa shape index (κ3) is 2.37. The molecule has 2 aliphatic rings. The maximum atomic E-state index is 12.6. The lowest BCUT2D eigenvalue weighted by Gasteiger charge is -2.27. The average molecular weight is 280 g/mol. The standard InChI is InChI=1S/C14H20N2O2S/c1-9-2-3-10-11(8-9)19-13(15)12(10)14(17)16-4-6-18-7-5-16/h9H,2-8,15H2,1H3. The summed E-state index contributed by atoms with van der Waals surface area (Å²) in [5, 5.41) is 0.704. The number of fused-ring (bicyclic) bond motifs is 1. The second kappa shape index (κ2) is 5.13. The number of hydrogen-bond donors (Lipinski definition) is 1. The highest BCUT2D eigenvalue weighted by Gasteiger charge is 2.29. The SMILES string of the molecule is CC1CCc2c(sc(N)c2C(=O)N2CCOCC2)C1. The third-order valence-corrected chi connectivity index (χ3v) is 5.13. The Morgan fingerprint density at radius 2 is 2.16 bits per heavy atom. The Balaban J connectivity index is 1.90. The summed E-state index contributed by atoms with van der Waals surface area (Å²) in [6, 6.07) is 0. The van der Waals surface area contributed by atoms with Crippen LogP contribution in [0.25, 0.3) is 0 Å². The highest BCUT2D eigenvalue weighted by atomic mass is 32.1. The monoisotopic (exact) mass is 280 g/mol. The van der Waals surface area contributed by atoms with Gasteiger partial charge in [0.25, 0.3) is 5.91 Å². The van der Waals surface area contributed by atoms with Crippen LogP contribution in [0.1, 0.15) is 34.1 Å². The van der Waals surface area contributed by atoms with Crippen molar-refractivity contribution in [2.75, 3.05) is 32.0 Å². The predicted octanol–water partition coefficient (Wildman–Crippen LogP) is 1.93. The van der Waals surface area contributed by atoms with Gasteiger partial charge in [-0.05, 0) is 30.7 Å². The third-order valence-electron chi connectivity index (χ3n) is 4.05. The summed E-state index contributed by atoms with van der Waals surface area (Å²) in [5.41, 5.74) is 8.12. The number of hydrogen-bond acceptors (Lipinski definition) is 4. The van der Waals surface area contributed by atoms with Crippen LogP contribution in [0.4, 0.5) is 5.00 Å². The minimum atomic E-state index is 0.104. The number of carbonyl (C=O) groups is 1. The Morgan fingerprint density at radius 1 is 1.42 bits per heavy atom. The minimum Gasteiger partial charge on any atom is -0.390 e. The molecule has 104 valence electrons. The Kier molecular flexibility index (Phi) is 3.50. The second-order valence-electron chi connectivity index (χ2n) is 5.50. The van der Waals surface area contributed by atoms with E-state index in [-0.39, 0.29) is 5.91 Å². The number of thiophene rings is 1. The molecule has 1 aromatic rings. The fourth-order valence-corrected chi connectivity index (χ4v) is 4.20. The Morgan fingerprint density at radius 3 is 2.89 bits per heavy atom. The van der Waals surface area contributed by atoms with Crippen LogP contribution in [0, 0.1) is 5.92 Å². The van der Waals surface area contributed by atoms with Crippen LogP contribution in [-0.4, -0.2) is 37.1 Å². The molecule has 1 unspecified atom stereocenters. The van der Waals surface area contributed by atoms with Gasteiger partial charge in [0.1, 0.15) is 0 Å². The van der Waals surface area contributed by atoms with E-state index in [1.165, 1.54) is 10.4 Å². The zero-order valence-corrected chi connectivity index (χ0v) is 12.1. The largest absolute Gasteiger partial charge is 0.390 e. The van der Waals surface area contributed by atoms with Crippen LogP contribution < -0.4 is 5.73 Å². The number of rotatable bonds is 1. The summed E-state index contributed by atoms with van der Waals surface area (Å²) in [4.78, 5) is 15.8. The molecule has 4 nitrogen and oxygen atoms in total. The Hall–Kier alpha value is -1.07. The van der Waals surface area contributed by atoms with Crippen LogP contribution in [0.2, 0.25) is 0 Å². The van der Waals surface area contributed by atoms with Gasteiger partial charge in [0.15, 0.2) is 0 Å². The molecule has 1 fully saturated rings. The fourth-order valence-electron chi connectivity index (χ4n) is 2.93. The van der Waals surface area contributed by atoms with Gasteiger partial charge in [0.05, 0.1) is 23.8 Å². The smallest absolute Gasteiger partial charge is 0.257 e. The van der Waals surface area contributed by atoms with Gasteiger partial charge in [0.2, 0.25) is 0 Å². The molecule has 19 heavy (non-hydrogen) atoms. The first kappa shape index (κ1) is 12.9. The van der Waals surface area contributed by atoms with Crippen molar-refractivity contribution in [3.8, 4) is 0 Å². The van der Waals surface area contributed by atoms with Crippen molar-refractivity contribution < 1.29 is 9.53 Å². The van der Waals surface area contributed by atoms with Gasteiger partial charge < -0.3 is 15.4 Å². The molecule has 1 amide bonds. The van der Waals surface area contributed by atoms with Crippen molar-refractivity contribution >= 4 is 22.2 Å². The summed E-state index contributed by atoms with van der Waals surface area (Å²) < 4.78 is 5.30. The summed E-state index contributed by atoms with van der Waals surface area (Å²) in [5.74, 6) is 0.810. The summed E-state index contributed by atoms with van der Waals surface area (Å²) in [7, 11) is 0. The summed E-state index contributed by atoms with van der Waals surface area (Å²) in [6.07, 6.45) is 3.22. The van der Waals surface area contributed by atoms with Gasteiger partial charge in [-0.25, -0.2) is 0 Å². The highest BCUT2D eigenvalue weighted by molar-refractivity contribution is 7.16. The molecule has 0 spiro atoms. The van der Waals surface area contributed by atoms with E-state index >= 15 is 0 Å². The van der Waals surface area contributed by atoms with Gasteiger partial charge in [-0.1, -0.05) is 6.92 Å². The van der Waals surface area contributed by atoms with Gasteiger partial charge in [0, 0.05) is 18.0 Å². The first-order chi connectivity index (χ1) is 9.16. The molecule has 2 N–H and O–H groups in total. The molecule has 1 aliphatic carbocycles. The van der Waals surface area contributed by atoms with E-state index in [1.807, 2.05) is 4.90 Å². The number of nitrogens with zero attached hydrogens (tertiary/aromatic N) is 1. The van der Waals surface area contributed by atoms with Crippen molar-refractivity contribution in [2.24, 2.45) is 5.92 Å². The van der Waals surface area contributed by atoms with E-state index in [1.54, 1.807) is 11.3 Å². The molecule has 0 radical (unpaired) electrons. The van der Waals surface area contributed by atoms with E-state index in [4.69, 9.17) is 10.5 Å². The Bertz CT molecular complexity index is 492. The molecule has 1 atom stereocenters. The fraction of sp³-hybridized carbons (Fsp3) is 0.643. The highest BCUT2D eigenvalue weighted by Crippen LogP contribution is 2.38. The minimum absolute atomic E-state index is 0.104. The zero-order chi connectivity index (χ0) is 13.4. The van der Waals surface area contributed by atoms with E-state index in [9.17, 15) is 4.79 Å². The van der Waals surface area contributed by atoms with Gasteiger partial charge in [-0.15, -0.1) is 11.3 Å².